The van der Waals surface area contributed by atoms with Gasteiger partial charge in [-0.2, -0.15) is 0 Å². The van der Waals surface area contributed by atoms with Crippen molar-refractivity contribution in [2.24, 2.45) is 12.8 Å². The molecule has 1 aromatic heterocycles. The maximum Gasteiger partial charge on any atom is 0.152 e. The Hall–Kier alpha value is -1.36. The second-order valence-electron chi connectivity index (χ2n) is 4.75. The zero-order valence-corrected chi connectivity index (χ0v) is 12.2. The van der Waals surface area contributed by atoms with E-state index >= 15 is 0 Å². The Labute approximate surface area is 118 Å². The highest BCUT2D eigenvalue weighted by Gasteiger charge is 2.23. The van der Waals surface area contributed by atoms with Gasteiger partial charge in [0.05, 0.1) is 11.7 Å². The van der Waals surface area contributed by atoms with Gasteiger partial charge in [-0.15, -0.1) is 0 Å². The number of nitrogens with zero attached hydrogens (tertiary/aromatic N) is 3. The smallest absolute Gasteiger partial charge is 0.152 e. The molecular formula is C14H19ClN4. The minimum Gasteiger partial charge on any atom is -0.329 e. The third-order valence-electron chi connectivity index (χ3n) is 3.29. The molecule has 1 atom stereocenters. The minimum atomic E-state index is 0.0578. The fourth-order valence-corrected chi connectivity index (χ4v) is 2.58. The molecule has 0 amide bonds. The maximum atomic E-state index is 6.30. The van der Waals surface area contributed by atoms with E-state index in [4.69, 9.17) is 17.3 Å². The lowest BCUT2D eigenvalue weighted by molar-refractivity contribution is 0.295. The van der Waals surface area contributed by atoms with Crippen LogP contribution in [0.25, 0.3) is 11.4 Å². The number of aromatic nitrogens is 2. The van der Waals surface area contributed by atoms with Gasteiger partial charge in [-0.05, 0) is 14.1 Å². The molecule has 1 heterocycles. The van der Waals surface area contributed by atoms with Crippen LogP contribution in [0.1, 0.15) is 11.7 Å². The zero-order chi connectivity index (χ0) is 14.0. The largest absolute Gasteiger partial charge is 0.329 e. The maximum absolute atomic E-state index is 6.30. The van der Waals surface area contributed by atoms with Crippen LogP contribution in [0, 0.1) is 0 Å². The van der Waals surface area contributed by atoms with Crippen molar-refractivity contribution in [2.75, 3.05) is 20.6 Å². The van der Waals surface area contributed by atoms with Crippen LogP contribution >= 0.6 is 11.6 Å². The van der Waals surface area contributed by atoms with Gasteiger partial charge in [0.1, 0.15) is 5.82 Å². The molecule has 0 saturated carbocycles. The van der Waals surface area contributed by atoms with E-state index in [-0.39, 0.29) is 6.04 Å². The van der Waals surface area contributed by atoms with E-state index in [9.17, 15) is 0 Å². The molecule has 0 radical (unpaired) electrons. The minimum absolute atomic E-state index is 0.0578. The SMILES string of the molecule is CN(C)C(CN)c1c(Cl)nc(-c2ccccc2)n1C. The van der Waals surface area contributed by atoms with Crippen molar-refractivity contribution in [2.45, 2.75) is 6.04 Å². The van der Waals surface area contributed by atoms with Gasteiger partial charge in [0.25, 0.3) is 0 Å². The van der Waals surface area contributed by atoms with Crippen LogP contribution in [0.3, 0.4) is 0 Å². The Balaban J connectivity index is 2.51. The van der Waals surface area contributed by atoms with Crippen LogP contribution < -0.4 is 5.73 Å². The van der Waals surface area contributed by atoms with Crippen LogP contribution in [0.5, 0.6) is 0 Å². The number of nitrogens with two attached hydrogens (primary N) is 1. The highest BCUT2D eigenvalue weighted by molar-refractivity contribution is 6.30. The molecular weight excluding hydrogens is 260 g/mol. The summed E-state index contributed by atoms with van der Waals surface area (Å²) < 4.78 is 2.02. The molecule has 0 aliphatic rings. The highest BCUT2D eigenvalue weighted by atomic mass is 35.5. The molecule has 0 fully saturated rings. The van der Waals surface area contributed by atoms with Crippen LogP contribution in [-0.4, -0.2) is 35.1 Å². The summed E-state index contributed by atoms with van der Waals surface area (Å²) in [6.45, 7) is 0.500. The van der Waals surface area contributed by atoms with Gasteiger partial charge < -0.3 is 10.3 Å². The molecule has 102 valence electrons. The Morgan fingerprint density at radius 3 is 2.47 bits per heavy atom. The first-order chi connectivity index (χ1) is 9.06. The zero-order valence-electron chi connectivity index (χ0n) is 11.5. The van der Waals surface area contributed by atoms with E-state index in [1.807, 2.05) is 56.0 Å². The van der Waals surface area contributed by atoms with Crippen LogP contribution in [0.2, 0.25) is 5.15 Å². The summed E-state index contributed by atoms with van der Waals surface area (Å²) in [5.41, 5.74) is 7.85. The number of likely N-dealkylation sites (N-methyl/N-ethyl adjacent to an activating group) is 1. The molecule has 2 rings (SSSR count). The van der Waals surface area contributed by atoms with Gasteiger partial charge in [0.15, 0.2) is 5.15 Å². The normalized spacial score (nSPS) is 12.9. The molecule has 1 unspecified atom stereocenters. The number of hydrogen-bond acceptors (Lipinski definition) is 3. The Morgan fingerprint density at radius 2 is 1.95 bits per heavy atom. The predicted octanol–water partition coefficient (Wildman–Crippen LogP) is 2.30. The average molecular weight is 279 g/mol. The third-order valence-corrected chi connectivity index (χ3v) is 3.57. The first-order valence-corrected chi connectivity index (χ1v) is 6.58. The fourth-order valence-electron chi connectivity index (χ4n) is 2.25. The molecule has 0 aliphatic carbocycles. The monoisotopic (exact) mass is 278 g/mol. The van der Waals surface area contributed by atoms with Crippen molar-refractivity contribution in [3.63, 3.8) is 0 Å². The van der Waals surface area contributed by atoms with Gasteiger partial charge in [0.2, 0.25) is 0 Å². The number of benzene rings is 1. The van der Waals surface area contributed by atoms with E-state index in [2.05, 4.69) is 9.88 Å². The van der Waals surface area contributed by atoms with Crippen molar-refractivity contribution in [3.8, 4) is 11.4 Å². The quantitative estimate of drug-likeness (QED) is 0.934. The lowest BCUT2D eigenvalue weighted by Crippen LogP contribution is -2.29. The molecule has 0 bridgehead atoms. The summed E-state index contributed by atoms with van der Waals surface area (Å²) in [4.78, 5) is 6.53. The summed E-state index contributed by atoms with van der Waals surface area (Å²) in [7, 11) is 5.95. The summed E-state index contributed by atoms with van der Waals surface area (Å²) in [6, 6.07) is 10.1. The standard InChI is InChI=1S/C14H19ClN4/c1-18(2)11(9-16)12-13(15)17-14(19(12)3)10-7-5-4-6-8-10/h4-8,11H,9,16H2,1-3H3. The second-order valence-corrected chi connectivity index (χ2v) is 5.11. The molecule has 5 heteroatoms. The number of imidazole rings is 1. The van der Waals surface area contributed by atoms with E-state index in [1.54, 1.807) is 0 Å². The average Bonchev–Trinajstić information content (AvgIpc) is 2.68. The molecule has 2 aromatic rings. The van der Waals surface area contributed by atoms with Crippen LogP contribution in [-0.2, 0) is 7.05 Å². The molecule has 0 aliphatic heterocycles. The number of halogens is 1. The predicted molar refractivity (Wildman–Crippen MR) is 79.1 cm³/mol. The van der Waals surface area contributed by atoms with E-state index in [1.165, 1.54) is 0 Å². The lowest BCUT2D eigenvalue weighted by atomic mass is 10.2. The molecule has 0 spiro atoms. The second kappa shape index (κ2) is 5.74. The van der Waals surface area contributed by atoms with Crippen molar-refractivity contribution < 1.29 is 0 Å². The first kappa shape index (κ1) is 14.1. The summed E-state index contributed by atoms with van der Waals surface area (Å²) in [5, 5.41) is 0.519. The van der Waals surface area contributed by atoms with E-state index in [0.717, 1.165) is 17.1 Å². The third kappa shape index (κ3) is 2.66. The van der Waals surface area contributed by atoms with Gasteiger partial charge >= 0.3 is 0 Å². The van der Waals surface area contributed by atoms with Gasteiger partial charge in [-0.1, -0.05) is 41.9 Å². The summed E-state index contributed by atoms with van der Waals surface area (Å²) >= 11 is 6.30. The lowest BCUT2D eigenvalue weighted by Gasteiger charge is -2.23. The molecule has 2 N–H and O–H groups in total. The van der Waals surface area contributed by atoms with Crippen LogP contribution in [0.15, 0.2) is 30.3 Å². The fraction of sp³-hybridized carbons (Fsp3) is 0.357. The number of hydrogen-bond donors (Lipinski definition) is 1. The molecule has 0 saturated heterocycles. The summed E-state index contributed by atoms with van der Waals surface area (Å²) in [6.07, 6.45) is 0. The van der Waals surface area contributed by atoms with Gasteiger partial charge in [-0.3, -0.25) is 4.90 Å². The van der Waals surface area contributed by atoms with Crippen molar-refractivity contribution in [1.82, 2.24) is 14.5 Å². The number of rotatable bonds is 4. The van der Waals surface area contributed by atoms with E-state index in [0.29, 0.717) is 11.7 Å². The first-order valence-electron chi connectivity index (χ1n) is 6.20. The van der Waals surface area contributed by atoms with Gasteiger partial charge in [-0.25, -0.2) is 4.98 Å². The van der Waals surface area contributed by atoms with Crippen LogP contribution in [0.4, 0.5) is 0 Å². The van der Waals surface area contributed by atoms with Crippen molar-refractivity contribution >= 4 is 11.6 Å². The molecule has 4 nitrogen and oxygen atoms in total. The Bertz CT molecular complexity index is 548. The highest BCUT2D eigenvalue weighted by Crippen LogP contribution is 2.30. The topological polar surface area (TPSA) is 47.1 Å². The van der Waals surface area contributed by atoms with E-state index < -0.39 is 0 Å². The Morgan fingerprint density at radius 1 is 1.32 bits per heavy atom. The van der Waals surface area contributed by atoms with Gasteiger partial charge in [0, 0.05) is 19.2 Å². The van der Waals surface area contributed by atoms with Crippen molar-refractivity contribution in [1.29, 1.82) is 0 Å². The van der Waals surface area contributed by atoms with Crippen molar-refractivity contribution in [3.05, 3.63) is 41.2 Å². The molecule has 19 heavy (non-hydrogen) atoms. The summed E-state index contributed by atoms with van der Waals surface area (Å²) in [5.74, 6) is 0.862. The Kier molecular flexibility index (Phi) is 4.24. The molecule has 1 aromatic carbocycles.